The van der Waals surface area contributed by atoms with Crippen LogP contribution >= 0.6 is 0 Å². The van der Waals surface area contributed by atoms with Crippen molar-refractivity contribution < 1.29 is 4.74 Å². The van der Waals surface area contributed by atoms with Crippen molar-refractivity contribution in [2.24, 2.45) is 0 Å². The van der Waals surface area contributed by atoms with Crippen molar-refractivity contribution in [2.75, 3.05) is 40.3 Å². The number of hydrogen-bond donors (Lipinski definition) is 1. The predicted octanol–water partition coefficient (Wildman–Crippen LogP) is 1.95. The second-order valence-corrected chi connectivity index (χ2v) is 8.06. The highest BCUT2D eigenvalue weighted by atomic mass is 16.5. The number of hydrogen-bond acceptors (Lipinski definition) is 4. The molecule has 2 aliphatic rings. The van der Waals surface area contributed by atoms with E-state index >= 15 is 0 Å². The van der Waals surface area contributed by atoms with E-state index in [-0.39, 0.29) is 5.54 Å². The van der Waals surface area contributed by atoms with Gasteiger partial charge in [0.1, 0.15) is 0 Å². The Balaban J connectivity index is 1.67. The molecule has 2 fully saturated rings. The summed E-state index contributed by atoms with van der Waals surface area (Å²) in [4.78, 5) is 4.97. The number of nitrogens with zero attached hydrogens (tertiary/aromatic N) is 2. The molecule has 4 nitrogen and oxygen atoms in total. The quantitative estimate of drug-likeness (QED) is 0.839. The average Bonchev–Trinajstić information content (AvgIpc) is 2.84. The van der Waals surface area contributed by atoms with Gasteiger partial charge < -0.3 is 19.9 Å². The number of piperidine rings is 1. The highest BCUT2D eigenvalue weighted by Gasteiger charge is 2.29. The van der Waals surface area contributed by atoms with Crippen LogP contribution in [0, 0.1) is 0 Å². The van der Waals surface area contributed by atoms with Gasteiger partial charge in [0.2, 0.25) is 0 Å². The summed E-state index contributed by atoms with van der Waals surface area (Å²) in [5.74, 6) is 0. The molecule has 1 N–H and O–H groups in total. The molecule has 0 aromatic rings. The van der Waals surface area contributed by atoms with Gasteiger partial charge in [0.05, 0.1) is 12.2 Å². The van der Waals surface area contributed by atoms with Gasteiger partial charge >= 0.3 is 0 Å². The largest absolute Gasteiger partial charge is 0.372 e. The van der Waals surface area contributed by atoms with Crippen LogP contribution in [0.5, 0.6) is 0 Å². The third kappa shape index (κ3) is 5.85. The summed E-state index contributed by atoms with van der Waals surface area (Å²) in [5.41, 5.74) is 0.187. The van der Waals surface area contributed by atoms with Crippen LogP contribution in [0.3, 0.4) is 0 Å². The number of nitrogens with one attached hydrogen (secondary N) is 1. The maximum absolute atomic E-state index is 6.22. The van der Waals surface area contributed by atoms with E-state index in [0.29, 0.717) is 12.2 Å². The summed E-state index contributed by atoms with van der Waals surface area (Å²) in [5, 5.41) is 3.56. The standard InChI is InChI=1S/C17H35N3O/c1-17(2,3)18-12-15-6-7-16(21-15)13-20(5)14-8-10-19(4)11-9-14/h14-16,18H,6-13H2,1-5H3. The first kappa shape index (κ1) is 17.2. The Bertz CT molecular complexity index is 308. The van der Waals surface area contributed by atoms with Gasteiger partial charge in [-0.25, -0.2) is 0 Å². The summed E-state index contributed by atoms with van der Waals surface area (Å²) in [6, 6.07) is 0.747. The molecule has 0 aromatic carbocycles. The first-order valence-corrected chi connectivity index (χ1v) is 8.63. The van der Waals surface area contributed by atoms with E-state index in [2.05, 4.69) is 50.0 Å². The Kier molecular flexibility index (Phi) is 6.06. The molecule has 0 aliphatic carbocycles. The zero-order valence-electron chi connectivity index (χ0n) is 14.7. The van der Waals surface area contributed by atoms with Crippen LogP contribution in [0.1, 0.15) is 46.5 Å². The molecule has 2 atom stereocenters. The summed E-state index contributed by atoms with van der Waals surface area (Å²) in [7, 11) is 4.50. The van der Waals surface area contributed by atoms with E-state index in [1.54, 1.807) is 0 Å². The fourth-order valence-electron chi connectivity index (χ4n) is 3.39. The monoisotopic (exact) mass is 297 g/mol. The van der Waals surface area contributed by atoms with E-state index < -0.39 is 0 Å². The lowest BCUT2D eigenvalue weighted by Gasteiger charge is -2.36. The van der Waals surface area contributed by atoms with Crippen molar-refractivity contribution in [2.45, 2.75) is 70.2 Å². The van der Waals surface area contributed by atoms with Gasteiger partial charge in [0, 0.05) is 24.7 Å². The maximum Gasteiger partial charge on any atom is 0.0707 e. The molecule has 2 aliphatic heterocycles. The Hall–Kier alpha value is -0.160. The fraction of sp³-hybridized carbons (Fsp3) is 1.00. The number of likely N-dealkylation sites (N-methyl/N-ethyl adjacent to an activating group) is 1. The molecule has 4 heteroatoms. The first-order chi connectivity index (χ1) is 9.83. The highest BCUT2D eigenvalue weighted by Crippen LogP contribution is 2.22. The van der Waals surface area contributed by atoms with Crippen molar-refractivity contribution in [3.05, 3.63) is 0 Å². The molecule has 2 saturated heterocycles. The molecule has 2 unspecified atom stereocenters. The van der Waals surface area contributed by atoms with Crippen LogP contribution in [0.15, 0.2) is 0 Å². The topological polar surface area (TPSA) is 27.7 Å². The van der Waals surface area contributed by atoms with Crippen molar-refractivity contribution in [1.29, 1.82) is 0 Å². The van der Waals surface area contributed by atoms with Crippen LogP contribution in [0.2, 0.25) is 0 Å². The Labute approximate surface area is 131 Å². The molecular formula is C17H35N3O. The summed E-state index contributed by atoms with van der Waals surface area (Å²) >= 11 is 0. The van der Waals surface area contributed by atoms with Gasteiger partial charge in [0.15, 0.2) is 0 Å². The van der Waals surface area contributed by atoms with Crippen LogP contribution < -0.4 is 5.32 Å². The van der Waals surface area contributed by atoms with Crippen molar-refractivity contribution in [3.63, 3.8) is 0 Å². The minimum Gasteiger partial charge on any atom is -0.372 e. The molecule has 124 valence electrons. The second kappa shape index (κ2) is 7.40. The summed E-state index contributed by atoms with van der Waals surface area (Å²) in [6.45, 7) is 11.2. The molecule has 2 heterocycles. The van der Waals surface area contributed by atoms with Crippen molar-refractivity contribution >= 4 is 0 Å². The molecule has 0 aromatic heterocycles. The minimum absolute atomic E-state index is 0.187. The lowest BCUT2D eigenvalue weighted by atomic mass is 10.0. The smallest absolute Gasteiger partial charge is 0.0707 e. The van der Waals surface area contributed by atoms with Crippen LogP contribution in [0.4, 0.5) is 0 Å². The number of rotatable bonds is 5. The van der Waals surface area contributed by atoms with E-state index in [4.69, 9.17) is 4.74 Å². The van der Waals surface area contributed by atoms with Gasteiger partial charge in [-0.1, -0.05) is 0 Å². The van der Waals surface area contributed by atoms with E-state index in [9.17, 15) is 0 Å². The minimum atomic E-state index is 0.187. The fourth-order valence-corrected chi connectivity index (χ4v) is 3.39. The van der Waals surface area contributed by atoms with E-state index in [1.165, 1.54) is 38.8 Å². The maximum atomic E-state index is 6.22. The van der Waals surface area contributed by atoms with Crippen LogP contribution in [0.25, 0.3) is 0 Å². The van der Waals surface area contributed by atoms with Gasteiger partial charge in [-0.15, -0.1) is 0 Å². The molecule has 0 spiro atoms. The molecule has 0 bridgehead atoms. The first-order valence-electron chi connectivity index (χ1n) is 8.63. The number of likely N-dealkylation sites (tertiary alicyclic amines) is 1. The molecular weight excluding hydrogens is 262 g/mol. The lowest BCUT2D eigenvalue weighted by Crippen LogP contribution is -2.45. The zero-order chi connectivity index (χ0) is 15.5. The Morgan fingerprint density at radius 2 is 1.71 bits per heavy atom. The Morgan fingerprint density at radius 1 is 1.10 bits per heavy atom. The molecule has 0 amide bonds. The van der Waals surface area contributed by atoms with Crippen molar-refractivity contribution in [3.8, 4) is 0 Å². The summed E-state index contributed by atoms with van der Waals surface area (Å²) < 4.78 is 6.22. The van der Waals surface area contributed by atoms with Crippen molar-refractivity contribution in [1.82, 2.24) is 15.1 Å². The molecule has 0 radical (unpaired) electrons. The molecule has 21 heavy (non-hydrogen) atoms. The number of ether oxygens (including phenoxy) is 1. The Morgan fingerprint density at radius 3 is 2.33 bits per heavy atom. The predicted molar refractivity (Wildman–Crippen MR) is 88.8 cm³/mol. The third-order valence-electron chi connectivity index (χ3n) is 4.86. The second-order valence-electron chi connectivity index (χ2n) is 8.06. The van der Waals surface area contributed by atoms with E-state index in [1.807, 2.05) is 0 Å². The summed E-state index contributed by atoms with van der Waals surface area (Å²) in [6.07, 6.45) is 5.85. The highest BCUT2D eigenvalue weighted by molar-refractivity contribution is 4.83. The molecule has 2 rings (SSSR count). The van der Waals surface area contributed by atoms with Crippen LogP contribution in [-0.4, -0.2) is 73.9 Å². The lowest BCUT2D eigenvalue weighted by molar-refractivity contribution is 0.0124. The van der Waals surface area contributed by atoms with E-state index in [0.717, 1.165) is 19.1 Å². The molecule has 0 saturated carbocycles. The van der Waals surface area contributed by atoms with Gasteiger partial charge in [-0.05, 0) is 73.6 Å². The SMILES string of the molecule is CN1CCC(N(C)CC2CCC(CNC(C)(C)C)O2)CC1. The third-order valence-corrected chi connectivity index (χ3v) is 4.86. The van der Waals surface area contributed by atoms with Gasteiger partial charge in [-0.2, -0.15) is 0 Å². The van der Waals surface area contributed by atoms with Gasteiger partial charge in [-0.3, -0.25) is 0 Å². The normalized spacial score (nSPS) is 29.4. The average molecular weight is 297 g/mol. The zero-order valence-corrected chi connectivity index (χ0v) is 14.7. The van der Waals surface area contributed by atoms with Gasteiger partial charge in [0.25, 0.3) is 0 Å². The van der Waals surface area contributed by atoms with Crippen LogP contribution in [-0.2, 0) is 4.74 Å².